The van der Waals surface area contributed by atoms with E-state index in [1.807, 2.05) is 26.0 Å². The van der Waals surface area contributed by atoms with Crippen molar-refractivity contribution in [1.82, 2.24) is 0 Å². The Labute approximate surface area is 156 Å². The van der Waals surface area contributed by atoms with Crippen molar-refractivity contribution in [2.24, 2.45) is 17.8 Å². The van der Waals surface area contributed by atoms with E-state index in [1.54, 1.807) is 0 Å². The van der Waals surface area contributed by atoms with Gasteiger partial charge < -0.3 is 10.2 Å². The maximum Gasteiger partial charge on any atom is 0.119 e. The van der Waals surface area contributed by atoms with Gasteiger partial charge in [0.25, 0.3) is 0 Å². The molecule has 0 aliphatic heterocycles. The molecule has 2 N–H and O–H groups in total. The molecule has 2 aliphatic rings. The lowest BCUT2D eigenvalue weighted by Crippen LogP contribution is -2.22. The Kier molecular flexibility index (Phi) is 4.25. The van der Waals surface area contributed by atoms with Crippen LogP contribution in [0.5, 0.6) is 11.5 Å². The zero-order chi connectivity index (χ0) is 18.6. The quantitative estimate of drug-likeness (QED) is 0.723. The molecule has 4 rings (SSSR count). The topological polar surface area (TPSA) is 40.5 Å². The SMILES string of the molecule is Cc1cc(O)c(C)c(C(c2cc(C)c(O)cc2C)C2CC3CCC2C3)c1. The van der Waals surface area contributed by atoms with Gasteiger partial charge in [0.05, 0.1) is 0 Å². The molecule has 2 aliphatic carbocycles. The minimum absolute atomic E-state index is 0.301. The number of phenols is 2. The molecule has 2 fully saturated rings. The van der Waals surface area contributed by atoms with Crippen molar-refractivity contribution in [3.63, 3.8) is 0 Å². The molecule has 0 aromatic heterocycles. The summed E-state index contributed by atoms with van der Waals surface area (Å²) in [5, 5.41) is 20.6. The first-order valence-corrected chi connectivity index (χ1v) is 9.95. The first-order chi connectivity index (χ1) is 12.3. The van der Waals surface area contributed by atoms with E-state index in [-0.39, 0.29) is 0 Å². The summed E-state index contributed by atoms with van der Waals surface area (Å²) in [4.78, 5) is 0. The lowest BCUT2D eigenvalue weighted by Gasteiger charge is -2.34. The third-order valence-electron chi connectivity index (χ3n) is 7.04. The lowest BCUT2D eigenvalue weighted by molar-refractivity contribution is 0.301. The number of fused-ring (bicyclic) bond motifs is 2. The van der Waals surface area contributed by atoms with E-state index in [2.05, 4.69) is 26.0 Å². The number of phenolic OH excluding ortho intramolecular Hbond substituents is 2. The smallest absolute Gasteiger partial charge is 0.119 e. The number of hydrogen-bond donors (Lipinski definition) is 2. The zero-order valence-corrected chi connectivity index (χ0v) is 16.3. The molecular weight excluding hydrogens is 320 g/mol. The average Bonchev–Trinajstić information content (AvgIpc) is 3.20. The molecule has 0 heterocycles. The molecule has 4 atom stereocenters. The number of benzene rings is 2. The van der Waals surface area contributed by atoms with Gasteiger partial charge in [-0.25, -0.2) is 0 Å². The normalized spacial score (nSPS) is 25.6. The van der Waals surface area contributed by atoms with Crippen LogP contribution in [0.4, 0.5) is 0 Å². The molecule has 2 aromatic carbocycles. The molecule has 0 saturated heterocycles. The van der Waals surface area contributed by atoms with Gasteiger partial charge in [-0.05, 0) is 110 Å². The summed E-state index contributed by atoms with van der Waals surface area (Å²) < 4.78 is 0. The van der Waals surface area contributed by atoms with Gasteiger partial charge in [0.15, 0.2) is 0 Å². The molecule has 0 amide bonds. The molecule has 2 saturated carbocycles. The second-order valence-corrected chi connectivity index (χ2v) is 8.81. The lowest BCUT2D eigenvalue weighted by atomic mass is 9.70. The standard InChI is InChI=1S/C24H30O2/c1-13-7-20(16(4)23(26)8-13)24(21-12-17-5-6-18(21)11-17)19-9-15(3)22(25)10-14(19)2/h7-10,17-18,21,24-26H,5-6,11-12H2,1-4H3. The van der Waals surface area contributed by atoms with Crippen LogP contribution in [0.1, 0.15) is 65.0 Å². The maximum absolute atomic E-state index is 10.5. The van der Waals surface area contributed by atoms with Crippen LogP contribution in [0.15, 0.2) is 24.3 Å². The molecule has 2 nitrogen and oxygen atoms in total. The van der Waals surface area contributed by atoms with Crippen LogP contribution in [0.3, 0.4) is 0 Å². The summed E-state index contributed by atoms with van der Waals surface area (Å²) in [7, 11) is 0. The van der Waals surface area contributed by atoms with Crippen molar-refractivity contribution >= 4 is 0 Å². The molecule has 138 valence electrons. The van der Waals surface area contributed by atoms with Gasteiger partial charge in [-0.3, -0.25) is 0 Å². The van der Waals surface area contributed by atoms with Crippen molar-refractivity contribution in [3.8, 4) is 11.5 Å². The maximum atomic E-state index is 10.5. The highest BCUT2D eigenvalue weighted by Crippen LogP contribution is 2.56. The summed E-state index contributed by atoms with van der Waals surface area (Å²) in [5.74, 6) is 3.39. The average molecular weight is 351 g/mol. The predicted molar refractivity (Wildman–Crippen MR) is 106 cm³/mol. The summed E-state index contributed by atoms with van der Waals surface area (Å²) in [6, 6.07) is 8.23. The first-order valence-electron chi connectivity index (χ1n) is 9.95. The van der Waals surface area contributed by atoms with E-state index in [0.29, 0.717) is 23.3 Å². The Bertz CT molecular complexity index is 852. The monoisotopic (exact) mass is 350 g/mol. The van der Waals surface area contributed by atoms with E-state index in [4.69, 9.17) is 0 Å². The number of aryl methyl sites for hydroxylation is 3. The fourth-order valence-corrected chi connectivity index (χ4v) is 5.68. The van der Waals surface area contributed by atoms with Crippen molar-refractivity contribution in [2.75, 3.05) is 0 Å². The highest BCUT2D eigenvalue weighted by molar-refractivity contribution is 5.51. The fraction of sp³-hybridized carbons (Fsp3) is 0.500. The third-order valence-corrected chi connectivity index (χ3v) is 7.04. The Morgan fingerprint density at radius 1 is 0.808 bits per heavy atom. The van der Waals surface area contributed by atoms with Crippen LogP contribution < -0.4 is 0 Å². The fourth-order valence-electron chi connectivity index (χ4n) is 5.68. The highest BCUT2D eigenvalue weighted by Gasteiger charge is 2.44. The van der Waals surface area contributed by atoms with Crippen molar-refractivity contribution < 1.29 is 10.2 Å². The number of aromatic hydroxyl groups is 2. The molecule has 0 radical (unpaired) electrons. The Hall–Kier alpha value is -1.96. The summed E-state index contributed by atoms with van der Waals surface area (Å²) in [6.45, 7) is 8.21. The second kappa shape index (κ2) is 6.33. The molecule has 2 heteroatoms. The van der Waals surface area contributed by atoms with Crippen LogP contribution in [0, 0.1) is 45.4 Å². The van der Waals surface area contributed by atoms with Gasteiger partial charge >= 0.3 is 0 Å². The van der Waals surface area contributed by atoms with Crippen LogP contribution >= 0.6 is 0 Å². The number of hydrogen-bond acceptors (Lipinski definition) is 2. The van der Waals surface area contributed by atoms with Gasteiger partial charge in [-0.2, -0.15) is 0 Å². The summed E-state index contributed by atoms with van der Waals surface area (Å²) in [5.41, 5.74) is 6.81. The molecule has 4 unspecified atom stereocenters. The minimum Gasteiger partial charge on any atom is -0.508 e. The van der Waals surface area contributed by atoms with Crippen molar-refractivity contribution in [2.45, 2.75) is 59.3 Å². The van der Waals surface area contributed by atoms with Crippen LogP contribution in [0.2, 0.25) is 0 Å². The zero-order valence-electron chi connectivity index (χ0n) is 16.3. The molecule has 2 aromatic rings. The predicted octanol–water partition coefficient (Wildman–Crippen LogP) is 5.90. The van der Waals surface area contributed by atoms with Gasteiger partial charge in [0.1, 0.15) is 11.5 Å². The van der Waals surface area contributed by atoms with Gasteiger partial charge in [-0.1, -0.05) is 18.6 Å². The largest absolute Gasteiger partial charge is 0.508 e. The van der Waals surface area contributed by atoms with E-state index in [0.717, 1.165) is 34.1 Å². The van der Waals surface area contributed by atoms with E-state index in [1.165, 1.54) is 36.8 Å². The molecular formula is C24H30O2. The highest BCUT2D eigenvalue weighted by atomic mass is 16.3. The van der Waals surface area contributed by atoms with E-state index < -0.39 is 0 Å². The Balaban J connectivity index is 1.90. The molecule has 26 heavy (non-hydrogen) atoms. The molecule has 2 bridgehead atoms. The van der Waals surface area contributed by atoms with Crippen LogP contribution in [-0.2, 0) is 0 Å². The van der Waals surface area contributed by atoms with Gasteiger partial charge in [0.2, 0.25) is 0 Å². The second-order valence-electron chi connectivity index (χ2n) is 8.81. The minimum atomic E-state index is 0.301. The van der Waals surface area contributed by atoms with E-state index in [9.17, 15) is 10.2 Å². The van der Waals surface area contributed by atoms with E-state index >= 15 is 0 Å². The number of rotatable bonds is 3. The third kappa shape index (κ3) is 2.80. The van der Waals surface area contributed by atoms with Crippen molar-refractivity contribution in [1.29, 1.82) is 0 Å². The van der Waals surface area contributed by atoms with Crippen LogP contribution in [0.25, 0.3) is 0 Å². The van der Waals surface area contributed by atoms with Crippen molar-refractivity contribution in [3.05, 3.63) is 57.6 Å². The summed E-state index contributed by atoms with van der Waals surface area (Å²) in [6.07, 6.45) is 5.40. The van der Waals surface area contributed by atoms with Gasteiger partial charge in [-0.15, -0.1) is 0 Å². The first kappa shape index (κ1) is 17.5. The van der Waals surface area contributed by atoms with Crippen LogP contribution in [-0.4, -0.2) is 10.2 Å². The Morgan fingerprint density at radius 2 is 1.58 bits per heavy atom. The van der Waals surface area contributed by atoms with Gasteiger partial charge in [0, 0.05) is 5.92 Å². The molecule has 0 spiro atoms. The Morgan fingerprint density at radius 3 is 2.23 bits per heavy atom. The summed E-state index contributed by atoms with van der Waals surface area (Å²) >= 11 is 0.